The van der Waals surface area contributed by atoms with Gasteiger partial charge in [-0.3, -0.25) is 4.79 Å². The molecule has 4 rings (SSSR count). The minimum absolute atomic E-state index is 0.0287. The van der Waals surface area contributed by atoms with Gasteiger partial charge in [0.25, 0.3) is 5.91 Å². The molecule has 0 aliphatic carbocycles. The summed E-state index contributed by atoms with van der Waals surface area (Å²) >= 11 is 3.42. The number of benzene rings is 3. The summed E-state index contributed by atoms with van der Waals surface area (Å²) in [6.07, 6.45) is 0.232. The number of aryl methyl sites for hydroxylation is 1. The molecule has 200 valence electrons. The quantitative estimate of drug-likeness (QED) is 0.268. The molecule has 1 heterocycles. The number of methoxy groups -OCH3 is 2. The Kier molecular flexibility index (Phi) is 8.93. The van der Waals surface area contributed by atoms with E-state index in [0.29, 0.717) is 16.7 Å². The third-order valence-electron chi connectivity index (χ3n) is 6.10. The number of hydrogen-bond acceptors (Lipinski definition) is 7. The standard InChI is InChI=1S/C30H27BrN2O6/c1-18-4-6-19(7-5-18)14-27(30(36)38-3)33-28(34)26-16-24(23-15-21(31)10-13-25(23)32-26)29(35)39-17-20-8-11-22(37-2)12-9-20/h4-13,15-16,27H,14,17H2,1-3H3,(H,33,34)/t27-/m0/s1. The Balaban J connectivity index is 1.60. The van der Waals surface area contributed by atoms with Crippen LogP contribution in [0.2, 0.25) is 0 Å². The molecule has 9 heteroatoms. The van der Waals surface area contributed by atoms with Crippen LogP contribution in [0.3, 0.4) is 0 Å². The van der Waals surface area contributed by atoms with Crippen LogP contribution in [-0.2, 0) is 27.3 Å². The third kappa shape index (κ3) is 7.00. The van der Waals surface area contributed by atoms with Gasteiger partial charge in [-0.15, -0.1) is 0 Å². The Morgan fingerprint density at radius 3 is 2.28 bits per heavy atom. The summed E-state index contributed by atoms with van der Waals surface area (Å²) in [5.74, 6) is -1.13. The van der Waals surface area contributed by atoms with Crippen molar-refractivity contribution in [3.8, 4) is 5.75 Å². The lowest BCUT2D eigenvalue weighted by Crippen LogP contribution is -2.43. The molecule has 0 spiro atoms. The number of esters is 2. The second-order valence-electron chi connectivity index (χ2n) is 8.88. The first-order valence-corrected chi connectivity index (χ1v) is 12.9. The lowest BCUT2D eigenvalue weighted by atomic mass is 10.0. The lowest BCUT2D eigenvalue weighted by molar-refractivity contribution is -0.142. The summed E-state index contributed by atoms with van der Waals surface area (Å²) < 4.78 is 16.4. The number of halogens is 1. The first-order valence-electron chi connectivity index (χ1n) is 12.1. The first kappa shape index (κ1) is 27.8. The average molecular weight is 591 g/mol. The molecule has 1 N–H and O–H groups in total. The van der Waals surface area contributed by atoms with E-state index in [9.17, 15) is 14.4 Å². The van der Waals surface area contributed by atoms with Crippen molar-refractivity contribution in [2.45, 2.75) is 26.0 Å². The van der Waals surface area contributed by atoms with Gasteiger partial charge in [-0.2, -0.15) is 0 Å². The molecule has 4 aromatic rings. The van der Waals surface area contributed by atoms with E-state index in [2.05, 4.69) is 26.2 Å². The van der Waals surface area contributed by atoms with Gasteiger partial charge in [0.05, 0.1) is 25.3 Å². The highest BCUT2D eigenvalue weighted by Crippen LogP contribution is 2.24. The van der Waals surface area contributed by atoms with Gasteiger partial charge in [0, 0.05) is 16.3 Å². The minimum atomic E-state index is -0.946. The fourth-order valence-electron chi connectivity index (χ4n) is 3.96. The van der Waals surface area contributed by atoms with E-state index in [0.717, 1.165) is 21.2 Å². The van der Waals surface area contributed by atoms with Gasteiger partial charge in [-0.05, 0) is 54.4 Å². The average Bonchev–Trinajstić information content (AvgIpc) is 2.95. The number of nitrogens with zero attached hydrogens (tertiary/aromatic N) is 1. The minimum Gasteiger partial charge on any atom is -0.497 e. The van der Waals surface area contributed by atoms with Crippen LogP contribution in [0.25, 0.3) is 10.9 Å². The van der Waals surface area contributed by atoms with Crippen molar-refractivity contribution in [3.05, 3.63) is 105 Å². The maximum atomic E-state index is 13.3. The van der Waals surface area contributed by atoms with Gasteiger partial charge in [0.2, 0.25) is 0 Å². The van der Waals surface area contributed by atoms with Gasteiger partial charge >= 0.3 is 11.9 Å². The van der Waals surface area contributed by atoms with Crippen molar-refractivity contribution in [3.63, 3.8) is 0 Å². The third-order valence-corrected chi connectivity index (χ3v) is 6.60. The molecule has 0 saturated heterocycles. The lowest BCUT2D eigenvalue weighted by Gasteiger charge is -2.17. The zero-order valence-electron chi connectivity index (χ0n) is 21.7. The molecule has 0 radical (unpaired) electrons. The van der Waals surface area contributed by atoms with Gasteiger partial charge in [0.15, 0.2) is 0 Å². The molecule has 0 aliphatic rings. The summed E-state index contributed by atoms with van der Waals surface area (Å²) in [7, 11) is 2.84. The largest absolute Gasteiger partial charge is 0.497 e. The van der Waals surface area contributed by atoms with Crippen molar-refractivity contribution < 1.29 is 28.6 Å². The summed E-state index contributed by atoms with van der Waals surface area (Å²) in [5, 5.41) is 3.23. The van der Waals surface area contributed by atoms with E-state index in [-0.39, 0.29) is 24.3 Å². The van der Waals surface area contributed by atoms with Crippen LogP contribution in [0.15, 0.2) is 77.3 Å². The molecule has 8 nitrogen and oxygen atoms in total. The molecule has 0 unspecified atom stereocenters. The molecule has 39 heavy (non-hydrogen) atoms. The number of nitrogens with one attached hydrogen (secondary N) is 1. The highest BCUT2D eigenvalue weighted by Gasteiger charge is 2.25. The Morgan fingerprint density at radius 2 is 1.62 bits per heavy atom. The van der Waals surface area contributed by atoms with Crippen molar-refractivity contribution in [2.24, 2.45) is 0 Å². The van der Waals surface area contributed by atoms with Crippen molar-refractivity contribution in [1.29, 1.82) is 0 Å². The summed E-state index contributed by atoms with van der Waals surface area (Å²) in [6.45, 7) is 2.00. The van der Waals surface area contributed by atoms with Gasteiger partial charge in [-0.25, -0.2) is 14.6 Å². The van der Waals surface area contributed by atoms with E-state index in [1.54, 1.807) is 49.6 Å². The number of carbonyl (C=O) groups excluding carboxylic acids is 3. The number of hydrogen-bond donors (Lipinski definition) is 1. The zero-order chi connectivity index (χ0) is 27.9. The second-order valence-corrected chi connectivity index (χ2v) is 9.80. The molecule has 1 amide bonds. The molecular formula is C30H27BrN2O6. The van der Waals surface area contributed by atoms with Crippen molar-refractivity contribution >= 4 is 44.7 Å². The van der Waals surface area contributed by atoms with Gasteiger partial charge in [0.1, 0.15) is 24.1 Å². The van der Waals surface area contributed by atoms with Crippen LogP contribution < -0.4 is 10.1 Å². The van der Waals surface area contributed by atoms with Gasteiger partial charge < -0.3 is 19.5 Å². The number of ether oxygens (including phenoxy) is 3. The predicted octanol–water partition coefficient (Wildman–Crippen LogP) is 5.19. The number of pyridine rings is 1. The number of fused-ring (bicyclic) bond motifs is 1. The van der Waals surface area contributed by atoms with Crippen LogP contribution in [0.4, 0.5) is 0 Å². The molecule has 0 aliphatic heterocycles. The smallest absolute Gasteiger partial charge is 0.339 e. The summed E-state index contributed by atoms with van der Waals surface area (Å²) in [6, 6.07) is 20.4. The molecule has 1 atom stereocenters. The molecule has 1 aromatic heterocycles. The fourth-order valence-corrected chi connectivity index (χ4v) is 4.32. The maximum absolute atomic E-state index is 13.3. The Labute approximate surface area is 234 Å². The van der Waals surface area contributed by atoms with Crippen molar-refractivity contribution in [1.82, 2.24) is 10.3 Å². The topological polar surface area (TPSA) is 104 Å². The fraction of sp³-hybridized carbons (Fsp3) is 0.200. The first-order chi connectivity index (χ1) is 18.8. The Bertz CT molecular complexity index is 1500. The van der Waals surface area contributed by atoms with Crippen LogP contribution in [0.1, 0.15) is 37.5 Å². The van der Waals surface area contributed by atoms with E-state index in [1.165, 1.54) is 13.2 Å². The van der Waals surface area contributed by atoms with E-state index in [4.69, 9.17) is 14.2 Å². The number of rotatable bonds is 9. The predicted molar refractivity (Wildman–Crippen MR) is 150 cm³/mol. The highest BCUT2D eigenvalue weighted by molar-refractivity contribution is 9.10. The number of carbonyl (C=O) groups is 3. The highest BCUT2D eigenvalue weighted by atomic mass is 79.9. The molecule has 0 bridgehead atoms. The normalized spacial score (nSPS) is 11.5. The SMILES string of the molecule is COC(=O)[C@H](Cc1ccc(C)cc1)NC(=O)c1cc(C(=O)OCc2ccc(OC)cc2)c2cc(Br)ccc2n1. The zero-order valence-corrected chi connectivity index (χ0v) is 23.3. The second kappa shape index (κ2) is 12.5. The van der Waals surface area contributed by atoms with E-state index >= 15 is 0 Å². The number of amides is 1. The monoisotopic (exact) mass is 590 g/mol. The van der Waals surface area contributed by atoms with Crippen LogP contribution >= 0.6 is 15.9 Å². The molecule has 0 saturated carbocycles. The number of aromatic nitrogens is 1. The molecular weight excluding hydrogens is 564 g/mol. The Hall–Kier alpha value is -4.24. The Morgan fingerprint density at radius 1 is 0.923 bits per heavy atom. The van der Waals surface area contributed by atoms with Crippen molar-refractivity contribution in [2.75, 3.05) is 14.2 Å². The summed E-state index contributed by atoms with van der Waals surface area (Å²) in [4.78, 5) is 43.4. The molecule has 0 fully saturated rings. The van der Waals surface area contributed by atoms with Crippen LogP contribution in [0.5, 0.6) is 5.75 Å². The van der Waals surface area contributed by atoms with Gasteiger partial charge in [-0.1, -0.05) is 57.9 Å². The van der Waals surface area contributed by atoms with Crippen LogP contribution in [-0.4, -0.2) is 43.1 Å². The van der Waals surface area contributed by atoms with Crippen LogP contribution in [0, 0.1) is 6.92 Å². The summed E-state index contributed by atoms with van der Waals surface area (Å²) in [5.41, 5.74) is 3.28. The molecule has 3 aromatic carbocycles. The van der Waals surface area contributed by atoms with E-state index < -0.39 is 23.9 Å². The maximum Gasteiger partial charge on any atom is 0.339 e. The van der Waals surface area contributed by atoms with E-state index in [1.807, 2.05) is 31.2 Å².